The second-order valence-corrected chi connectivity index (χ2v) is 9.43. The number of hydrogen-bond acceptors (Lipinski definition) is 5. The number of halogens is 1. The first kappa shape index (κ1) is 21.9. The Balaban J connectivity index is 1.41. The van der Waals surface area contributed by atoms with Crippen molar-refractivity contribution >= 4 is 11.4 Å². The van der Waals surface area contributed by atoms with E-state index in [1.807, 2.05) is 35.2 Å². The van der Waals surface area contributed by atoms with Crippen LogP contribution in [-0.4, -0.2) is 47.9 Å². The third-order valence-corrected chi connectivity index (χ3v) is 7.60. The van der Waals surface area contributed by atoms with Gasteiger partial charge in [-0.3, -0.25) is 9.20 Å². The lowest BCUT2D eigenvalue weighted by atomic mass is 9.66. The molecular weight excluding hydrogens is 445 g/mol. The molecule has 1 saturated carbocycles. The van der Waals surface area contributed by atoms with Gasteiger partial charge in [0, 0.05) is 37.1 Å². The van der Waals surface area contributed by atoms with E-state index in [0.29, 0.717) is 13.0 Å². The van der Waals surface area contributed by atoms with E-state index in [1.165, 1.54) is 10.5 Å². The van der Waals surface area contributed by atoms with Gasteiger partial charge in [-0.15, -0.1) is 0 Å². The van der Waals surface area contributed by atoms with Crippen LogP contribution < -0.4 is 0 Å². The molecule has 35 heavy (non-hydrogen) atoms. The number of amides is 1. The monoisotopic (exact) mass is 471 g/mol. The van der Waals surface area contributed by atoms with Gasteiger partial charge in [0.15, 0.2) is 5.82 Å². The number of carbonyl (C=O) groups is 1. The Hall–Kier alpha value is -3.65. The number of imidazole rings is 1. The Morgan fingerprint density at radius 1 is 1.03 bits per heavy atom. The van der Waals surface area contributed by atoms with Crippen LogP contribution in [-0.2, 0) is 5.60 Å². The van der Waals surface area contributed by atoms with Crippen LogP contribution in [0.15, 0.2) is 67.1 Å². The van der Waals surface area contributed by atoms with E-state index >= 15 is 0 Å². The molecule has 3 atom stereocenters. The van der Waals surface area contributed by atoms with Crippen molar-refractivity contribution in [2.45, 2.75) is 43.7 Å². The molecule has 4 aromatic rings. The number of carbonyl (C=O) groups excluding carboxylic acids is 1. The summed E-state index contributed by atoms with van der Waals surface area (Å²) in [7, 11) is 0. The smallest absolute Gasteiger partial charge is 0.290 e. The minimum atomic E-state index is -0.979. The van der Waals surface area contributed by atoms with Crippen molar-refractivity contribution in [2.24, 2.45) is 5.92 Å². The van der Waals surface area contributed by atoms with Gasteiger partial charge in [0.05, 0.1) is 5.60 Å². The second kappa shape index (κ2) is 8.53. The number of pyridine rings is 1. The molecule has 1 aromatic carbocycles. The van der Waals surface area contributed by atoms with Crippen LogP contribution in [0, 0.1) is 11.7 Å². The maximum Gasteiger partial charge on any atom is 0.290 e. The Morgan fingerprint density at radius 3 is 2.60 bits per heavy atom. The number of likely N-dealkylation sites (tertiary alicyclic amines) is 1. The molecule has 1 saturated heterocycles. The van der Waals surface area contributed by atoms with E-state index in [9.17, 15) is 14.3 Å². The van der Waals surface area contributed by atoms with E-state index in [2.05, 4.69) is 15.0 Å². The van der Waals surface area contributed by atoms with Gasteiger partial charge in [-0.25, -0.2) is 19.3 Å². The van der Waals surface area contributed by atoms with Crippen molar-refractivity contribution in [1.82, 2.24) is 24.3 Å². The van der Waals surface area contributed by atoms with E-state index in [1.54, 1.807) is 30.7 Å². The van der Waals surface area contributed by atoms with Crippen molar-refractivity contribution < 1.29 is 14.3 Å². The largest absolute Gasteiger partial charge is 0.385 e. The summed E-state index contributed by atoms with van der Waals surface area (Å²) in [5, 5.41) is 11.8. The Morgan fingerprint density at radius 2 is 1.80 bits per heavy atom. The molecule has 1 amide bonds. The maximum atomic E-state index is 14.9. The molecule has 2 aliphatic rings. The summed E-state index contributed by atoms with van der Waals surface area (Å²) >= 11 is 0. The van der Waals surface area contributed by atoms with Gasteiger partial charge in [-0.2, -0.15) is 0 Å². The molecular formula is C27H26FN5O2. The van der Waals surface area contributed by atoms with Crippen LogP contribution in [0.1, 0.15) is 48.3 Å². The van der Waals surface area contributed by atoms with Crippen LogP contribution in [0.5, 0.6) is 0 Å². The molecule has 8 heteroatoms. The molecule has 1 N–H and O–H groups in total. The lowest BCUT2D eigenvalue weighted by molar-refractivity contribution is -0.110. The number of piperidine rings is 1. The third kappa shape index (κ3) is 3.51. The summed E-state index contributed by atoms with van der Waals surface area (Å²) in [6.45, 7) is 0.396. The quantitative estimate of drug-likeness (QED) is 0.484. The number of hydrogen-bond donors (Lipinski definition) is 1. The van der Waals surface area contributed by atoms with E-state index in [-0.39, 0.29) is 40.7 Å². The van der Waals surface area contributed by atoms with E-state index < -0.39 is 11.4 Å². The maximum absolute atomic E-state index is 14.9. The van der Waals surface area contributed by atoms with Gasteiger partial charge in [-0.05, 0) is 43.0 Å². The molecule has 0 radical (unpaired) electrons. The van der Waals surface area contributed by atoms with Crippen molar-refractivity contribution in [3.8, 4) is 11.5 Å². The fourth-order valence-corrected chi connectivity index (χ4v) is 5.98. The zero-order chi connectivity index (χ0) is 24.0. The summed E-state index contributed by atoms with van der Waals surface area (Å²) in [6.07, 6.45) is 8.90. The zero-order valence-electron chi connectivity index (χ0n) is 19.2. The number of aliphatic hydroxyl groups is 1. The molecule has 0 bridgehead atoms. The number of rotatable bonds is 3. The highest BCUT2D eigenvalue weighted by molar-refractivity contribution is 5.94. The van der Waals surface area contributed by atoms with Gasteiger partial charge in [0.2, 0.25) is 5.82 Å². The zero-order valence-corrected chi connectivity index (χ0v) is 19.2. The molecule has 4 heterocycles. The van der Waals surface area contributed by atoms with Crippen LogP contribution in [0.4, 0.5) is 4.39 Å². The average molecular weight is 472 g/mol. The Bertz CT molecular complexity index is 1380. The SMILES string of the molecule is O=C(c1nc(-c2ncccn2)c2c(F)cccn12)N1CCC(O)(c2ccccc2)[C@@H]2CCCC[C@@H]21. The minimum Gasteiger partial charge on any atom is -0.385 e. The lowest BCUT2D eigenvalue weighted by Gasteiger charge is -2.52. The number of aromatic nitrogens is 4. The van der Waals surface area contributed by atoms with Gasteiger partial charge >= 0.3 is 0 Å². The highest BCUT2D eigenvalue weighted by Crippen LogP contribution is 2.47. The molecule has 178 valence electrons. The standard InChI is InChI=1S/C27H26FN5O2/c28-20-11-6-16-33-23(20)22(24-29-14-7-15-30-24)31-25(33)26(34)32-17-13-27(35,18-8-2-1-3-9-18)19-10-4-5-12-21(19)32/h1-3,6-9,11,14-16,19,21,35H,4-5,10,12-13,17H2/t19-,21+,27?/m1/s1. The van der Waals surface area contributed by atoms with Crippen LogP contribution >= 0.6 is 0 Å². The molecule has 2 fully saturated rings. The summed E-state index contributed by atoms with van der Waals surface area (Å²) in [6, 6.07) is 14.2. The van der Waals surface area contributed by atoms with Crippen molar-refractivity contribution in [3.05, 3.63) is 84.3 Å². The highest BCUT2D eigenvalue weighted by Gasteiger charge is 2.50. The number of fused-ring (bicyclic) bond motifs is 2. The van der Waals surface area contributed by atoms with Crippen LogP contribution in [0.2, 0.25) is 0 Å². The molecule has 7 nitrogen and oxygen atoms in total. The van der Waals surface area contributed by atoms with Crippen molar-refractivity contribution in [2.75, 3.05) is 6.54 Å². The first-order valence-corrected chi connectivity index (χ1v) is 12.1. The van der Waals surface area contributed by atoms with Crippen LogP contribution in [0.3, 0.4) is 0 Å². The Kier molecular flexibility index (Phi) is 5.33. The fraction of sp³-hybridized carbons (Fsp3) is 0.333. The lowest BCUT2D eigenvalue weighted by Crippen LogP contribution is -2.59. The normalized spacial score (nSPS) is 24.3. The molecule has 6 rings (SSSR count). The van der Waals surface area contributed by atoms with E-state index in [0.717, 1.165) is 31.2 Å². The topological polar surface area (TPSA) is 83.6 Å². The van der Waals surface area contributed by atoms with Gasteiger partial charge in [0.1, 0.15) is 17.0 Å². The predicted molar refractivity (Wildman–Crippen MR) is 128 cm³/mol. The van der Waals surface area contributed by atoms with Crippen molar-refractivity contribution in [3.63, 3.8) is 0 Å². The number of nitrogens with zero attached hydrogens (tertiary/aromatic N) is 5. The minimum absolute atomic E-state index is 0.0729. The summed E-state index contributed by atoms with van der Waals surface area (Å²) in [5.41, 5.74) is 0.346. The summed E-state index contributed by atoms with van der Waals surface area (Å²) in [4.78, 5) is 28.8. The second-order valence-electron chi connectivity index (χ2n) is 9.43. The molecule has 1 aliphatic carbocycles. The number of benzene rings is 1. The molecule has 3 aromatic heterocycles. The van der Waals surface area contributed by atoms with Gasteiger partial charge < -0.3 is 10.0 Å². The van der Waals surface area contributed by atoms with Gasteiger partial charge in [0.25, 0.3) is 5.91 Å². The van der Waals surface area contributed by atoms with Crippen molar-refractivity contribution in [1.29, 1.82) is 0 Å². The first-order chi connectivity index (χ1) is 17.1. The molecule has 1 unspecified atom stereocenters. The highest BCUT2D eigenvalue weighted by atomic mass is 19.1. The predicted octanol–water partition coefficient (Wildman–Crippen LogP) is 4.22. The first-order valence-electron chi connectivity index (χ1n) is 12.1. The third-order valence-electron chi connectivity index (χ3n) is 7.60. The molecule has 0 spiro atoms. The average Bonchev–Trinajstić information content (AvgIpc) is 3.31. The summed E-state index contributed by atoms with van der Waals surface area (Å²) in [5.74, 6) is -0.427. The van der Waals surface area contributed by atoms with Gasteiger partial charge in [-0.1, -0.05) is 43.2 Å². The fourth-order valence-electron chi connectivity index (χ4n) is 5.98. The Labute approximate surface area is 202 Å². The van der Waals surface area contributed by atoms with E-state index in [4.69, 9.17) is 0 Å². The summed E-state index contributed by atoms with van der Waals surface area (Å²) < 4.78 is 16.4. The van der Waals surface area contributed by atoms with Crippen LogP contribution in [0.25, 0.3) is 17.0 Å². The molecule has 1 aliphatic heterocycles.